The first-order valence-electron chi connectivity index (χ1n) is 11.6. The molecule has 1 aliphatic heterocycles. The minimum absolute atomic E-state index is 0. The summed E-state index contributed by atoms with van der Waals surface area (Å²) in [6.45, 7) is 7.34. The normalized spacial score (nSPS) is 14.2. The number of aliphatic imine (C=N–C) groups is 1. The van der Waals surface area contributed by atoms with E-state index in [1.54, 1.807) is 38.1 Å². The maximum atomic E-state index is 13.1. The van der Waals surface area contributed by atoms with Crippen LogP contribution in [0, 0.1) is 27.7 Å². The third kappa shape index (κ3) is 7.82. The molecule has 4 bridgehead atoms. The number of hydrazone groups is 1. The van der Waals surface area contributed by atoms with Gasteiger partial charge in [-0.2, -0.15) is 24.7 Å². The number of fused-ring (bicyclic) bond motifs is 6. The van der Waals surface area contributed by atoms with Crippen LogP contribution in [0.2, 0.25) is 0 Å². The van der Waals surface area contributed by atoms with Crippen LogP contribution in [0.25, 0.3) is 0 Å². The third-order valence-electron chi connectivity index (χ3n) is 5.70. The van der Waals surface area contributed by atoms with Gasteiger partial charge in [0.25, 0.3) is 5.95 Å². The number of hydrogen-bond acceptors (Lipinski definition) is 11. The van der Waals surface area contributed by atoms with E-state index < -0.39 is 0 Å². The minimum atomic E-state index is -0.253. The molecule has 42 heavy (non-hydrogen) atoms. The van der Waals surface area contributed by atoms with E-state index in [1.165, 1.54) is 34.2 Å². The van der Waals surface area contributed by atoms with Crippen LogP contribution in [0.4, 0.5) is 5.95 Å². The molecule has 226 valence electrons. The summed E-state index contributed by atoms with van der Waals surface area (Å²) in [4.78, 5) is 4.41. The number of aryl methyl sites for hydroxylation is 4. The largest absolute Gasteiger partial charge is 2.00 e. The number of anilines is 1. The van der Waals surface area contributed by atoms with Crippen molar-refractivity contribution >= 4 is 30.8 Å². The van der Waals surface area contributed by atoms with Gasteiger partial charge in [0, 0.05) is 6.21 Å². The van der Waals surface area contributed by atoms with E-state index in [0.717, 1.165) is 11.1 Å². The molecule has 13 nitrogen and oxygen atoms in total. The molecule has 2 radical (unpaired) electrons. The number of halogens is 2. The molecular formula is C25H23Cl2Cu2N11O2. The van der Waals surface area contributed by atoms with E-state index in [0.29, 0.717) is 39.7 Å². The number of hydrogen-bond donors (Lipinski definition) is 1. The van der Waals surface area contributed by atoms with Crippen molar-refractivity contribution in [3.05, 3.63) is 75.1 Å². The van der Waals surface area contributed by atoms with Gasteiger partial charge in [0.2, 0.25) is 0 Å². The fourth-order valence-corrected chi connectivity index (χ4v) is 3.88. The topological polar surface area (TPSA) is 169 Å². The van der Waals surface area contributed by atoms with Gasteiger partial charge in [-0.15, -0.1) is 20.4 Å². The average molecular weight is 708 g/mol. The van der Waals surface area contributed by atoms with Crippen LogP contribution in [0.1, 0.15) is 50.9 Å². The molecule has 0 fully saturated rings. The maximum Gasteiger partial charge on any atom is 2.00 e. The molecule has 1 aliphatic rings. The van der Waals surface area contributed by atoms with Gasteiger partial charge >= 0.3 is 34.1 Å². The van der Waals surface area contributed by atoms with Gasteiger partial charge in [-0.3, -0.25) is 4.99 Å². The van der Waals surface area contributed by atoms with Crippen molar-refractivity contribution in [3.8, 4) is 11.5 Å². The second-order valence-electron chi connectivity index (χ2n) is 8.73. The van der Waals surface area contributed by atoms with Crippen LogP contribution in [0.5, 0.6) is 11.5 Å². The van der Waals surface area contributed by atoms with Crippen LogP contribution < -0.4 is 40.5 Å². The molecule has 0 aliphatic carbocycles. The molecule has 0 spiro atoms. The summed E-state index contributed by atoms with van der Waals surface area (Å²) in [6, 6.07) is 6.94. The molecule has 5 rings (SSSR count). The van der Waals surface area contributed by atoms with E-state index in [9.17, 15) is 10.2 Å². The Labute approximate surface area is 275 Å². The zero-order valence-electron chi connectivity index (χ0n) is 22.5. The molecule has 3 heterocycles. The van der Waals surface area contributed by atoms with Crippen LogP contribution in [0.3, 0.4) is 0 Å². The molecule has 0 amide bonds. The van der Waals surface area contributed by atoms with Gasteiger partial charge in [-0.25, -0.2) is 5.43 Å². The minimum Gasteiger partial charge on any atom is -1.00 e. The standard InChI is InChI=1S/C25H25N11O2.2ClH.2Cu/c1-14-5-18-9-26-13-22-32-30-16(3)35(22)28-11-20-8-15(2)6-19(24(20)38)10-27-33-25-34-31-17(4)36(25)29-12-21(7-14)23(18)37;;;;/h5-12,37-38H,13H2,1-4H3,(H,33,34);2*1H;;/q;;;2*+2/p-4/b26-9?,27-10+,28-11+,29-12+;;;;. The summed E-state index contributed by atoms with van der Waals surface area (Å²) in [5.41, 5.74) is 5.98. The van der Waals surface area contributed by atoms with Crippen LogP contribution in [-0.2, 0) is 40.7 Å². The Morgan fingerprint density at radius 3 is 1.71 bits per heavy atom. The molecule has 0 atom stereocenters. The van der Waals surface area contributed by atoms with Crippen molar-refractivity contribution in [2.24, 2.45) is 20.3 Å². The number of aromatic nitrogens is 6. The van der Waals surface area contributed by atoms with E-state index in [2.05, 4.69) is 46.1 Å². The first-order chi connectivity index (χ1) is 18.3. The van der Waals surface area contributed by atoms with Gasteiger partial charge in [-0.1, -0.05) is 35.8 Å². The molecule has 1 N–H and O–H groups in total. The first kappa shape index (κ1) is 36.4. The Kier molecular flexibility index (Phi) is 13.5. The van der Waals surface area contributed by atoms with E-state index in [1.807, 2.05) is 13.8 Å². The Morgan fingerprint density at radius 1 is 0.643 bits per heavy atom. The molecule has 0 unspecified atom stereocenters. The van der Waals surface area contributed by atoms with Crippen LogP contribution in [-0.4, -0.2) is 54.6 Å². The van der Waals surface area contributed by atoms with Crippen LogP contribution >= 0.6 is 0 Å². The number of nitrogens with one attached hydrogen (secondary N) is 1. The number of benzene rings is 2. The summed E-state index contributed by atoms with van der Waals surface area (Å²) < 4.78 is 2.92. The molecular weight excluding hydrogens is 684 g/mol. The van der Waals surface area contributed by atoms with E-state index in [4.69, 9.17) is 0 Å². The summed E-state index contributed by atoms with van der Waals surface area (Å²) >= 11 is 0. The van der Waals surface area contributed by atoms with Gasteiger partial charge < -0.3 is 35.0 Å². The van der Waals surface area contributed by atoms with Crippen molar-refractivity contribution < 1.29 is 69.2 Å². The quantitative estimate of drug-likeness (QED) is 0.180. The van der Waals surface area contributed by atoms with Gasteiger partial charge in [0.1, 0.15) is 6.54 Å². The summed E-state index contributed by atoms with van der Waals surface area (Å²) in [5, 5.41) is 55.4. The average Bonchev–Trinajstić information content (AvgIpc) is 3.41. The monoisotopic (exact) mass is 705 g/mol. The third-order valence-corrected chi connectivity index (χ3v) is 5.70. The van der Waals surface area contributed by atoms with Gasteiger partial charge in [0.05, 0.1) is 18.6 Å². The maximum absolute atomic E-state index is 13.1. The second-order valence-corrected chi connectivity index (χ2v) is 8.73. The summed E-state index contributed by atoms with van der Waals surface area (Å²) in [7, 11) is 0. The zero-order valence-corrected chi connectivity index (χ0v) is 25.9. The SMILES string of the molecule is Cc1cc2c([O-])c(c1)/C=N/n1c(C)nnc1N/N=C/c1cc(C)cc(c1[O-])/C=N/n1c(C)nnc1CN=C2.[Cl-].[Cl-].[Cu+2].[Cu+2]. The molecule has 2 aromatic carbocycles. The van der Waals surface area contributed by atoms with E-state index >= 15 is 0 Å². The van der Waals surface area contributed by atoms with Crippen molar-refractivity contribution in [1.82, 2.24) is 29.7 Å². The van der Waals surface area contributed by atoms with Gasteiger partial charge in [0.15, 0.2) is 17.5 Å². The molecule has 17 heteroatoms. The molecule has 0 saturated heterocycles. The van der Waals surface area contributed by atoms with Crippen LogP contribution in [0.15, 0.2) is 44.6 Å². The molecule has 2 aromatic heterocycles. The number of rotatable bonds is 0. The Bertz CT molecular complexity index is 1540. The molecule has 4 aromatic rings. The van der Waals surface area contributed by atoms with Crippen molar-refractivity contribution in [3.63, 3.8) is 0 Å². The Balaban J connectivity index is 0.00000220. The fourth-order valence-electron chi connectivity index (χ4n) is 3.88. The van der Waals surface area contributed by atoms with E-state index in [-0.39, 0.29) is 82.9 Å². The Hall–Kier alpha value is -3.58. The van der Waals surface area contributed by atoms with Crippen molar-refractivity contribution in [2.75, 3.05) is 5.43 Å². The predicted octanol–water partition coefficient (Wildman–Crippen LogP) is -4.60. The van der Waals surface area contributed by atoms with Crippen molar-refractivity contribution in [1.29, 1.82) is 0 Å². The Morgan fingerprint density at radius 2 is 1.12 bits per heavy atom. The summed E-state index contributed by atoms with van der Waals surface area (Å²) in [6.07, 6.45) is 5.79. The second kappa shape index (κ2) is 15.6. The first-order valence-corrected chi connectivity index (χ1v) is 11.6. The van der Waals surface area contributed by atoms with Gasteiger partial charge in [-0.05, 0) is 61.1 Å². The number of nitrogens with zero attached hydrogens (tertiary/aromatic N) is 10. The molecule has 0 saturated carbocycles. The van der Waals surface area contributed by atoms with Crippen molar-refractivity contribution in [2.45, 2.75) is 34.2 Å². The summed E-state index contributed by atoms with van der Waals surface area (Å²) in [5.74, 6) is 1.18. The zero-order chi connectivity index (χ0) is 26.8. The fraction of sp³-hybridized carbons (Fsp3) is 0.200. The predicted molar refractivity (Wildman–Crippen MR) is 139 cm³/mol. The smallest absolute Gasteiger partial charge is 1.00 e.